The van der Waals surface area contributed by atoms with Gasteiger partial charge in [0.15, 0.2) is 0 Å². The number of fused-ring (bicyclic) bond motifs is 1. The Morgan fingerprint density at radius 2 is 2.27 bits per heavy atom. The second-order valence-corrected chi connectivity index (χ2v) is 4.46. The van der Waals surface area contributed by atoms with E-state index in [9.17, 15) is 4.39 Å². The van der Waals surface area contributed by atoms with Gasteiger partial charge in [0.1, 0.15) is 5.82 Å². The van der Waals surface area contributed by atoms with E-state index in [0.717, 1.165) is 17.1 Å². The predicted octanol–water partition coefficient (Wildman–Crippen LogP) is 3.24. The van der Waals surface area contributed by atoms with Crippen molar-refractivity contribution in [3.63, 3.8) is 0 Å². The molecule has 0 bridgehead atoms. The molecule has 1 aromatic rings. The summed E-state index contributed by atoms with van der Waals surface area (Å²) < 4.78 is 13.5. The topological polar surface area (TPSA) is 0 Å². The van der Waals surface area contributed by atoms with Gasteiger partial charge in [-0.2, -0.15) is 0 Å². The smallest absolute Gasteiger partial charge is 0.138 e. The number of rotatable bonds is 0. The maximum Gasteiger partial charge on any atom is 0.138 e. The van der Waals surface area contributed by atoms with Gasteiger partial charge in [-0.05, 0) is 40.0 Å². The first kappa shape index (κ1) is 7.62. The lowest BCUT2D eigenvalue weighted by Gasteiger charge is -1.99. The molecule has 0 radical (unpaired) electrons. The van der Waals surface area contributed by atoms with Crippen molar-refractivity contribution < 1.29 is 4.39 Å². The molecule has 1 aliphatic heterocycles. The lowest BCUT2D eigenvalue weighted by atomic mass is 10.2. The molecule has 0 fully saturated rings. The third-order valence-corrected chi connectivity index (χ3v) is 3.44. The SMILES string of the molecule is Fc1cc2c(cc1Br)CCS2. The van der Waals surface area contributed by atoms with Crippen molar-refractivity contribution in [2.75, 3.05) is 5.75 Å². The molecule has 1 aromatic carbocycles. The van der Waals surface area contributed by atoms with E-state index in [1.807, 2.05) is 6.07 Å². The van der Waals surface area contributed by atoms with E-state index in [2.05, 4.69) is 15.9 Å². The van der Waals surface area contributed by atoms with Crippen LogP contribution in [0.15, 0.2) is 21.5 Å². The van der Waals surface area contributed by atoms with Crippen molar-refractivity contribution in [2.45, 2.75) is 11.3 Å². The number of benzene rings is 1. The van der Waals surface area contributed by atoms with Crippen LogP contribution in [0.2, 0.25) is 0 Å². The van der Waals surface area contributed by atoms with E-state index in [4.69, 9.17) is 0 Å². The lowest BCUT2D eigenvalue weighted by Crippen LogP contribution is -1.83. The average Bonchev–Trinajstić information content (AvgIpc) is 2.36. The molecule has 0 aliphatic carbocycles. The van der Waals surface area contributed by atoms with Crippen LogP contribution in [0.25, 0.3) is 0 Å². The standard InChI is InChI=1S/C8H6BrFS/c9-6-3-5-1-2-11-8(5)4-7(6)10/h3-4H,1-2H2. The summed E-state index contributed by atoms with van der Waals surface area (Å²) in [5.74, 6) is 0.934. The van der Waals surface area contributed by atoms with Gasteiger partial charge in [0.05, 0.1) is 4.47 Å². The molecule has 0 N–H and O–H groups in total. The summed E-state index contributed by atoms with van der Waals surface area (Å²) >= 11 is 4.89. The molecule has 2 rings (SSSR count). The van der Waals surface area contributed by atoms with Crippen LogP contribution in [0.4, 0.5) is 4.39 Å². The van der Waals surface area contributed by atoms with Crippen LogP contribution < -0.4 is 0 Å². The third kappa shape index (κ3) is 1.32. The van der Waals surface area contributed by atoms with Crippen molar-refractivity contribution in [3.8, 4) is 0 Å². The molecular weight excluding hydrogens is 227 g/mol. The van der Waals surface area contributed by atoms with E-state index < -0.39 is 0 Å². The molecule has 3 heteroatoms. The summed E-state index contributed by atoms with van der Waals surface area (Å²) in [5, 5.41) is 0. The molecule has 1 heterocycles. The molecule has 58 valence electrons. The van der Waals surface area contributed by atoms with E-state index >= 15 is 0 Å². The summed E-state index contributed by atoms with van der Waals surface area (Å²) in [6, 6.07) is 3.49. The first-order valence-electron chi connectivity index (χ1n) is 3.38. The Morgan fingerprint density at radius 1 is 1.45 bits per heavy atom. The molecule has 0 saturated carbocycles. The van der Waals surface area contributed by atoms with Gasteiger partial charge in [0.25, 0.3) is 0 Å². The number of aryl methyl sites for hydroxylation is 1. The monoisotopic (exact) mass is 232 g/mol. The van der Waals surface area contributed by atoms with Crippen molar-refractivity contribution in [2.24, 2.45) is 0 Å². The van der Waals surface area contributed by atoms with Crippen molar-refractivity contribution >= 4 is 27.7 Å². The van der Waals surface area contributed by atoms with E-state index in [-0.39, 0.29) is 5.82 Å². The Morgan fingerprint density at radius 3 is 3.09 bits per heavy atom. The lowest BCUT2D eigenvalue weighted by molar-refractivity contribution is 0.616. The van der Waals surface area contributed by atoms with Crippen LogP contribution in [0.5, 0.6) is 0 Å². The normalized spacial score (nSPS) is 15.1. The van der Waals surface area contributed by atoms with Crippen LogP contribution in [0.1, 0.15) is 5.56 Å². The Hall–Kier alpha value is -0.0200. The molecule has 0 saturated heterocycles. The molecule has 11 heavy (non-hydrogen) atoms. The first-order chi connectivity index (χ1) is 5.27. The zero-order valence-electron chi connectivity index (χ0n) is 5.73. The third-order valence-electron chi connectivity index (χ3n) is 1.73. The van der Waals surface area contributed by atoms with Crippen molar-refractivity contribution in [1.82, 2.24) is 0 Å². The van der Waals surface area contributed by atoms with Crippen LogP contribution in [0.3, 0.4) is 0 Å². The predicted molar refractivity (Wildman–Crippen MR) is 48.5 cm³/mol. The molecule has 0 unspecified atom stereocenters. The van der Waals surface area contributed by atoms with Gasteiger partial charge in [-0.1, -0.05) is 0 Å². The molecule has 0 aromatic heterocycles. The number of thioether (sulfide) groups is 1. The first-order valence-corrected chi connectivity index (χ1v) is 5.16. The quantitative estimate of drug-likeness (QED) is 0.662. The highest BCUT2D eigenvalue weighted by Crippen LogP contribution is 2.34. The Bertz CT molecular complexity index is 269. The van der Waals surface area contributed by atoms with Crippen LogP contribution >= 0.6 is 27.7 Å². The maximum atomic E-state index is 12.9. The Kier molecular flexibility index (Phi) is 1.93. The van der Waals surface area contributed by atoms with Crippen molar-refractivity contribution in [3.05, 3.63) is 28.0 Å². The Labute approximate surface area is 77.3 Å². The number of hydrogen-bond acceptors (Lipinski definition) is 1. The average molecular weight is 233 g/mol. The van der Waals surface area contributed by atoms with Crippen LogP contribution in [-0.2, 0) is 6.42 Å². The van der Waals surface area contributed by atoms with Gasteiger partial charge in [0.2, 0.25) is 0 Å². The largest absolute Gasteiger partial charge is 0.206 e. The highest BCUT2D eigenvalue weighted by Gasteiger charge is 2.13. The summed E-state index contributed by atoms with van der Waals surface area (Å²) in [4.78, 5) is 1.10. The van der Waals surface area contributed by atoms with Gasteiger partial charge in [-0.25, -0.2) is 4.39 Å². The highest BCUT2D eigenvalue weighted by molar-refractivity contribution is 9.10. The molecule has 0 spiro atoms. The minimum absolute atomic E-state index is 0.154. The molecule has 0 amide bonds. The molecular formula is C8H6BrFS. The van der Waals surface area contributed by atoms with Crippen molar-refractivity contribution in [1.29, 1.82) is 0 Å². The zero-order chi connectivity index (χ0) is 7.84. The fraction of sp³-hybridized carbons (Fsp3) is 0.250. The van der Waals surface area contributed by atoms with E-state index in [0.29, 0.717) is 4.47 Å². The minimum Gasteiger partial charge on any atom is -0.206 e. The van der Waals surface area contributed by atoms with Gasteiger partial charge >= 0.3 is 0 Å². The summed E-state index contributed by atoms with van der Waals surface area (Å²) in [7, 11) is 0. The van der Waals surface area contributed by atoms with Gasteiger partial charge in [-0.15, -0.1) is 11.8 Å². The maximum absolute atomic E-state index is 12.9. The summed E-state index contributed by atoms with van der Waals surface area (Å²) in [6.45, 7) is 0. The number of hydrogen-bond donors (Lipinski definition) is 0. The summed E-state index contributed by atoms with van der Waals surface area (Å²) in [5.41, 5.74) is 1.27. The second kappa shape index (κ2) is 2.79. The van der Waals surface area contributed by atoms with Gasteiger partial charge in [-0.3, -0.25) is 0 Å². The number of halogens is 2. The Balaban J connectivity index is 2.57. The second-order valence-electron chi connectivity index (χ2n) is 2.47. The van der Waals surface area contributed by atoms with E-state index in [1.54, 1.807) is 17.8 Å². The minimum atomic E-state index is -0.154. The van der Waals surface area contributed by atoms with Crippen LogP contribution in [-0.4, -0.2) is 5.75 Å². The summed E-state index contributed by atoms with van der Waals surface area (Å²) in [6.07, 6.45) is 1.07. The van der Waals surface area contributed by atoms with Gasteiger partial charge in [0, 0.05) is 10.6 Å². The molecule has 1 aliphatic rings. The fourth-order valence-electron chi connectivity index (χ4n) is 1.17. The van der Waals surface area contributed by atoms with Crippen LogP contribution in [0, 0.1) is 5.82 Å². The fourth-order valence-corrected chi connectivity index (χ4v) is 2.64. The van der Waals surface area contributed by atoms with Gasteiger partial charge < -0.3 is 0 Å². The van der Waals surface area contributed by atoms with E-state index in [1.165, 1.54) is 5.56 Å². The molecule has 0 atom stereocenters. The highest BCUT2D eigenvalue weighted by atomic mass is 79.9. The molecule has 0 nitrogen and oxygen atoms in total. The zero-order valence-corrected chi connectivity index (χ0v) is 8.14.